The molecule has 1 fully saturated rings. The van der Waals surface area contributed by atoms with Crippen molar-refractivity contribution in [2.24, 2.45) is 0 Å². The van der Waals surface area contributed by atoms with Gasteiger partial charge in [0.1, 0.15) is 18.0 Å². The number of hydrogen-bond acceptors (Lipinski definition) is 12. The van der Waals surface area contributed by atoms with Crippen LogP contribution in [-0.2, 0) is 38.1 Å². The van der Waals surface area contributed by atoms with Gasteiger partial charge < -0.3 is 29.4 Å². The van der Waals surface area contributed by atoms with Gasteiger partial charge in [-0.25, -0.2) is 23.2 Å². The van der Waals surface area contributed by atoms with Crippen LogP contribution in [-0.4, -0.2) is 68.0 Å². The number of aromatic nitrogens is 5. The van der Waals surface area contributed by atoms with Crippen molar-refractivity contribution in [3.8, 4) is 11.3 Å². The molecular weight excluding hydrogens is 639 g/mol. The summed E-state index contributed by atoms with van der Waals surface area (Å²) in [6, 6.07) is 6.95. The molecule has 1 aliphatic rings. The largest absolute Gasteiger partial charge is 0.490 e. The smallest absolute Gasteiger partial charge is 0.390 e. The number of nitrogens with zero attached hydrogens (tertiary/aromatic N) is 4. The number of hydrogen-bond donors (Lipinski definition) is 6. The third kappa shape index (κ3) is 8.59. The second-order valence-electron chi connectivity index (χ2n) is 8.46. The van der Waals surface area contributed by atoms with Gasteiger partial charge in [0.15, 0.2) is 0 Å². The van der Waals surface area contributed by atoms with Crippen molar-refractivity contribution in [1.29, 1.82) is 0 Å². The van der Waals surface area contributed by atoms with E-state index in [1.54, 1.807) is 24.3 Å². The fraction of sp³-hybridized carbons (Fsp3) is 0.333. The maximum atomic E-state index is 12.5. The highest BCUT2D eigenvalue weighted by molar-refractivity contribution is 7.66. The number of nitrogens with one attached hydrogen (secondary N) is 1. The van der Waals surface area contributed by atoms with Gasteiger partial charge >= 0.3 is 29.2 Å². The summed E-state index contributed by atoms with van der Waals surface area (Å²) >= 11 is 5.88. The van der Waals surface area contributed by atoms with E-state index in [2.05, 4.69) is 28.4 Å². The zero-order valence-corrected chi connectivity index (χ0v) is 23.7. The lowest BCUT2D eigenvalue weighted by atomic mass is 10.2. The topological polar surface area (TPSA) is 275 Å². The third-order valence-corrected chi connectivity index (χ3v) is 9.43. The van der Waals surface area contributed by atoms with Crippen molar-refractivity contribution in [3.63, 3.8) is 0 Å². The third-order valence-electron chi connectivity index (χ3n) is 5.37. The molecule has 3 aromatic rings. The average molecular weight is 660 g/mol. The first-order valence-electron chi connectivity index (χ1n) is 11.1. The van der Waals surface area contributed by atoms with Crippen LogP contribution in [0.5, 0.6) is 0 Å². The van der Waals surface area contributed by atoms with Crippen molar-refractivity contribution in [1.82, 2.24) is 24.5 Å². The quantitative estimate of drug-likeness (QED) is 0.153. The van der Waals surface area contributed by atoms with Crippen LogP contribution in [0.4, 0.5) is 0 Å². The van der Waals surface area contributed by atoms with E-state index in [9.17, 15) is 38.2 Å². The van der Waals surface area contributed by atoms with Gasteiger partial charge in [0.05, 0.1) is 31.0 Å². The van der Waals surface area contributed by atoms with Crippen LogP contribution in [0, 0.1) is 0 Å². The number of aliphatic hydroxyl groups excluding tert-OH is 1. The predicted molar refractivity (Wildman–Crippen MR) is 135 cm³/mol. The van der Waals surface area contributed by atoms with Crippen LogP contribution in [0.2, 0.25) is 5.02 Å². The minimum Gasteiger partial charge on any atom is -0.390 e. The maximum absolute atomic E-state index is 12.5. The first-order valence-corrected chi connectivity index (χ1v) is 16.0. The summed E-state index contributed by atoms with van der Waals surface area (Å²) in [7, 11) is -16.8. The van der Waals surface area contributed by atoms with Gasteiger partial charge in [0.25, 0.3) is 5.56 Å². The fourth-order valence-corrected chi connectivity index (χ4v) is 6.82. The minimum atomic E-state index is -5.74. The van der Waals surface area contributed by atoms with Gasteiger partial charge in [-0.15, -0.1) is 5.10 Å². The Balaban J connectivity index is 1.45. The molecule has 0 radical (unpaired) electrons. The first-order chi connectivity index (χ1) is 19.0. The molecule has 41 heavy (non-hydrogen) atoms. The Bertz CT molecular complexity index is 1670. The molecule has 0 bridgehead atoms. The van der Waals surface area contributed by atoms with E-state index in [0.29, 0.717) is 11.6 Å². The lowest BCUT2D eigenvalue weighted by Gasteiger charge is -2.19. The summed E-state index contributed by atoms with van der Waals surface area (Å²) in [6.07, 6.45) is -1.70. The van der Waals surface area contributed by atoms with E-state index in [1.165, 1.54) is 10.9 Å². The monoisotopic (exact) mass is 659 g/mol. The van der Waals surface area contributed by atoms with E-state index in [1.807, 2.05) is 0 Å². The van der Waals surface area contributed by atoms with Gasteiger partial charge in [-0.2, -0.15) is 8.62 Å². The zero-order valence-electron chi connectivity index (χ0n) is 20.2. The average Bonchev–Trinajstić information content (AvgIpc) is 3.43. The molecule has 0 saturated carbocycles. The predicted octanol–water partition coefficient (Wildman–Crippen LogP) is 0.489. The second-order valence-corrected chi connectivity index (χ2v) is 13.3. The van der Waals surface area contributed by atoms with E-state index < -0.39 is 59.8 Å². The molecule has 0 amide bonds. The summed E-state index contributed by atoms with van der Waals surface area (Å²) in [5, 5.41) is 18.8. The van der Waals surface area contributed by atoms with Crippen LogP contribution in [0.25, 0.3) is 11.3 Å². The van der Waals surface area contributed by atoms with E-state index in [-0.39, 0.29) is 17.7 Å². The Kier molecular flexibility index (Phi) is 9.33. The summed E-state index contributed by atoms with van der Waals surface area (Å²) in [4.78, 5) is 63.1. The number of aliphatic hydroxyl groups is 1. The van der Waals surface area contributed by atoms with Crippen molar-refractivity contribution in [2.75, 3.05) is 6.61 Å². The summed E-state index contributed by atoms with van der Waals surface area (Å²) in [5.74, 6) is 0. The molecule has 5 atom stereocenters. The molecule has 1 aliphatic heterocycles. The van der Waals surface area contributed by atoms with Gasteiger partial charge in [-0.3, -0.25) is 18.9 Å². The molecule has 1 saturated heterocycles. The van der Waals surface area contributed by atoms with Crippen LogP contribution < -0.4 is 11.2 Å². The number of rotatable bonds is 11. The van der Waals surface area contributed by atoms with Gasteiger partial charge in [0, 0.05) is 17.6 Å². The first kappa shape index (κ1) is 31.6. The van der Waals surface area contributed by atoms with Crippen molar-refractivity contribution >= 4 is 35.1 Å². The molecule has 23 heteroatoms. The Morgan fingerprint density at radius 1 is 1.05 bits per heavy atom. The van der Waals surface area contributed by atoms with Crippen LogP contribution in [0.1, 0.15) is 18.2 Å². The van der Waals surface area contributed by atoms with Gasteiger partial charge in [-0.1, -0.05) is 28.9 Å². The molecule has 0 aliphatic carbocycles. The molecule has 3 heterocycles. The Morgan fingerprint density at radius 3 is 2.39 bits per heavy atom. The molecular formula is C18H21ClN5O14P3. The molecule has 1 aromatic carbocycles. The number of phosphoric ester groups is 1. The van der Waals surface area contributed by atoms with Gasteiger partial charge in [0.2, 0.25) is 0 Å². The van der Waals surface area contributed by atoms with E-state index in [0.717, 1.165) is 16.3 Å². The Morgan fingerprint density at radius 2 is 1.73 bits per heavy atom. The summed E-state index contributed by atoms with van der Waals surface area (Å²) < 4.78 is 53.7. The standard InChI is InChI=1S/C18H21ClN5O14P3/c19-11-3-1-10(2-4-11)6-23-8-13(21-22-23)12-7-24(18(27)20-17(12)26)16-5-14(25)15(36-16)9-35-40(31,32)38-41(33,34)37-39(28,29)30/h1-4,7-8,14-16,25H,5-6,9H2,(H,31,32)(H,33,34)(H,20,26,27)(H2,28,29,30)/t14-,15?,16+/m0/s1. The highest BCUT2D eigenvalue weighted by Crippen LogP contribution is 2.66. The summed E-state index contributed by atoms with van der Waals surface area (Å²) in [5.41, 5.74) is -0.815. The molecule has 3 unspecified atom stereocenters. The second kappa shape index (κ2) is 12.1. The van der Waals surface area contributed by atoms with Crippen LogP contribution in [0.15, 0.2) is 46.2 Å². The van der Waals surface area contributed by atoms with Crippen LogP contribution >= 0.6 is 35.1 Å². The molecule has 2 aromatic heterocycles. The SMILES string of the molecule is O=c1[nH]c(=O)n([C@H]2C[C@H](O)C(COP(=O)(O)OP(=O)(O)OP(=O)(O)O)O2)cc1-c1cn(Cc2ccc(Cl)cc2)nn1. The number of benzene rings is 1. The maximum Gasteiger partial charge on any atom is 0.490 e. The molecule has 19 nitrogen and oxygen atoms in total. The van der Waals surface area contributed by atoms with Crippen molar-refractivity contribution in [3.05, 3.63) is 68.1 Å². The lowest BCUT2D eigenvalue weighted by molar-refractivity contribution is -0.0449. The van der Waals surface area contributed by atoms with Crippen molar-refractivity contribution < 1.29 is 56.3 Å². The Hall–Kier alpha value is -2.34. The number of H-pyrrole nitrogens is 1. The van der Waals surface area contributed by atoms with E-state index >= 15 is 0 Å². The highest BCUT2D eigenvalue weighted by atomic mass is 35.5. The Labute approximate surface area is 233 Å². The normalized spacial score (nSPS) is 22.3. The lowest BCUT2D eigenvalue weighted by Crippen LogP contribution is -2.33. The number of phosphoric acid groups is 3. The molecule has 224 valence electrons. The number of aromatic amines is 1. The molecule has 4 rings (SSSR count). The van der Waals surface area contributed by atoms with Crippen LogP contribution in [0.3, 0.4) is 0 Å². The summed E-state index contributed by atoms with van der Waals surface area (Å²) in [6.45, 7) is -0.637. The minimum absolute atomic E-state index is 0.0678. The zero-order chi connectivity index (χ0) is 30.2. The molecule has 0 spiro atoms. The fourth-order valence-electron chi connectivity index (χ4n) is 3.66. The van der Waals surface area contributed by atoms with Gasteiger partial charge in [-0.05, 0) is 17.7 Å². The molecule has 6 N–H and O–H groups in total. The van der Waals surface area contributed by atoms with Crippen molar-refractivity contribution in [2.45, 2.75) is 31.4 Å². The highest BCUT2D eigenvalue weighted by Gasteiger charge is 2.43. The number of halogens is 1. The van der Waals surface area contributed by atoms with E-state index in [4.69, 9.17) is 26.1 Å². The number of ether oxygens (including phenoxy) is 1.